The van der Waals surface area contributed by atoms with E-state index in [0.717, 1.165) is 18.5 Å². The lowest BCUT2D eigenvalue weighted by molar-refractivity contribution is -0.0497. The molecule has 0 aliphatic carbocycles. The minimum Gasteiger partial charge on any atom is -0.435 e. The van der Waals surface area contributed by atoms with Gasteiger partial charge in [-0.1, -0.05) is 24.9 Å². The predicted molar refractivity (Wildman–Crippen MR) is 67.4 cm³/mol. The Hall–Kier alpha value is -1.42. The number of benzene rings is 1. The maximum absolute atomic E-state index is 12.1. The highest BCUT2D eigenvalue weighted by Gasteiger charge is 2.08. The maximum atomic E-state index is 12.1. The number of halogens is 3. The van der Waals surface area contributed by atoms with E-state index < -0.39 is 6.61 Å². The molecule has 0 fully saturated rings. The van der Waals surface area contributed by atoms with Crippen LogP contribution in [0.1, 0.15) is 19.0 Å². The molecule has 0 bridgehead atoms. The number of rotatable bonds is 4. The SMILES string of the molecule is CCCc1cc(Cl)c2cc(OC(F)F)ccc2n1. The Morgan fingerprint density at radius 1 is 1.33 bits per heavy atom. The standard InChI is InChI=1S/C13H12ClF2NO/c1-2-3-8-6-11(14)10-7-9(18-13(15)16)4-5-12(10)17-8/h4-7,13H,2-3H2,1H3. The van der Waals surface area contributed by atoms with E-state index >= 15 is 0 Å². The van der Waals surface area contributed by atoms with E-state index in [4.69, 9.17) is 11.6 Å². The molecule has 2 nitrogen and oxygen atoms in total. The summed E-state index contributed by atoms with van der Waals surface area (Å²) in [4.78, 5) is 4.42. The number of aromatic nitrogens is 1. The van der Waals surface area contributed by atoms with Crippen molar-refractivity contribution in [3.8, 4) is 5.75 Å². The van der Waals surface area contributed by atoms with Gasteiger partial charge in [0, 0.05) is 11.1 Å². The van der Waals surface area contributed by atoms with Crippen LogP contribution in [0.4, 0.5) is 8.78 Å². The molecule has 2 rings (SSSR count). The first-order valence-electron chi connectivity index (χ1n) is 5.64. The number of pyridine rings is 1. The van der Waals surface area contributed by atoms with Crippen molar-refractivity contribution in [2.75, 3.05) is 0 Å². The van der Waals surface area contributed by atoms with Crippen LogP contribution in [0.25, 0.3) is 10.9 Å². The van der Waals surface area contributed by atoms with Crippen molar-refractivity contribution in [2.24, 2.45) is 0 Å². The average molecular weight is 272 g/mol. The number of hydrogen-bond donors (Lipinski definition) is 0. The van der Waals surface area contributed by atoms with Gasteiger partial charge in [0.25, 0.3) is 0 Å². The van der Waals surface area contributed by atoms with Crippen LogP contribution in [0.2, 0.25) is 5.02 Å². The third kappa shape index (κ3) is 2.88. The highest BCUT2D eigenvalue weighted by Crippen LogP contribution is 2.28. The molecule has 0 aliphatic heterocycles. The van der Waals surface area contributed by atoms with Crippen LogP contribution < -0.4 is 4.74 Å². The van der Waals surface area contributed by atoms with Gasteiger partial charge in [-0.3, -0.25) is 4.98 Å². The monoisotopic (exact) mass is 271 g/mol. The van der Waals surface area contributed by atoms with Crippen LogP contribution in [0.5, 0.6) is 5.75 Å². The summed E-state index contributed by atoms with van der Waals surface area (Å²) in [6.45, 7) is -0.784. The molecule has 1 aromatic carbocycles. The molecule has 0 atom stereocenters. The number of aryl methyl sites for hydroxylation is 1. The predicted octanol–water partition coefficient (Wildman–Crippen LogP) is 4.44. The van der Waals surface area contributed by atoms with Crippen LogP contribution in [0.15, 0.2) is 24.3 Å². The summed E-state index contributed by atoms with van der Waals surface area (Å²) >= 11 is 6.12. The van der Waals surface area contributed by atoms with Crippen molar-refractivity contribution < 1.29 is 13.5 Å². The quantitative estimate of drug-likeness (QED) is 0.820. The zero-order chi connectivity index (χ0) is 13.1. The molecule has 0 N–H and O–H groups in total. The highest BCUT2D eigenvalue weighted by atomic mass is 35.5. The first-order valence-corrected chi connectivity index (χ1v) is 6.02. The minimum absolute atomic E-state index is 0.0874. The average Bonchev–Trinajstić information content (AvgIpc) is 2.30. The summed E-state index contributed by atoms with van der Waals surface area (Å²) in [5.74, 6) is 0.0874. The van der Waals surface area contributed by atoms with Crippen LogP contribution in [-0.4, -0.2) is 11.6 Å². The Bertz CT molecular complexity index is 560. The van der Waals surface area contributed by atoms with Gasteiger partial charge >= 0.3 is 6.61 Å². The van der Waals surface area contributed by atoms with Gasteiger partial charge in [0.05, 0.1) is 10.5 Å². The molecule has 0 saturated carbocycles. The first-order chi connectivity index (χ1) is 8.60. The van der Waals surface area contributed by atoms with Gasteiger partial charge in [-0.25, -0.2) is 0 Å². The van der Waals surface area contributed by atoms with E-state index in [9.17, 15) is 8.78 Å². The normalized spacial score (nSPS) is 11.2. The van der Waals surface area contributed by atoms with E-state index in [-0.39, 0.29) is 5.75 Å². The van der Waals surface area contributed by atoms with Gasteiger partial charge in [0.15, 0.2) is 0 Å². The summed E-state index contributed by atoms with van der Waals surface area (Å²) in [5, 5.41) is 1.12. The molecule has 0 unspecified atom stereocenters. The van der Waals surface area contributed by atoms with E-state index in [1.54, 1.807) is 12.1 Å². The largest absolute Gasteiger partial charge is 0.435 e. The van der Waals surface area contributed by atoms with Crippen molar-refractivity contribution in [3.05, 3.63) is 35.0 Å². The van der Waals surface area contributed by atoms with Gasteiger partial charge < -0.3 is 4.74 Å². The number of ether oxygens (including phenoxy) is 1. The lowest BCUT2D eigenvalue weighted by atomic mass is 10.1. The smallest absolute Gasteiger partial charge is 0.387 e. The summed E-state index contributed by atoms with van der Waals surface area (Å²) in [6.07, 6.45) is 1.81. The summed E-state index contributed by atoms with van der Waals surface area (Å²) in [7, 11) is 0. The zero-order valence-corrected chi connectivity index (χ0v) is 10.5. The molecule has 0 saturated heterocycles. The third-order valence-corrected chi connectivity index (χ3v) is 2.83. The van der Waals surface area contributed by atoms with Gasteiger partial charge in [-0.2, -0.15) is 8.78 Å². The van der Waals surface area contributed by atoms with Crippen LogP contribution >= 0.6 is 11.6 Å². The van der Waals surface area contributed by atoms with E-state index in [1.807, 2.05) is 0 Å². The van der Waals surface area contributed by atoms with Crippen LogP contribution in [0.3, 0.4) is 0 Å². The second kappa shape index (κ2) is 5.48. The number of hydrogen-bond acceptors (Lipinski definition) is 2. The summed E-state index contributed by atoms with van der Waals surface area (Å²) < 4.78 is 28.6. The van der Waals surface area contributed by atoms with E-state index in [2.05, 4.69) is 16.6 Å². The number of alkyl halides is 2. The molecular formula is C13H12ClF2NO. The van der Waals surface area contributed by atoms with Crippen molar-refractivity contribution in [3.63, 3.8) is 0 Å². The van der Waals surface area contributed by atoms with Crippen molar-refractivity contribution in [2.45, 2.75) is 26.4 Å². The Morgan fingerprint density at radius 3 is 2.78 bits per heavy atom. The lowest BCUT2D eigenvalue weighted by Crippen LogP contribution is -2.01. The molecule has 0 aliphatic rings. The molecule has 1 heterocycles. The molecular weight excluding hydrogens is 260 g/mol. The Kier molecular flexibility index (Phi) is 3.97. The van der Waals surface area contributed by atoms with Crippen molar-refractivity contribution >= 4 is 22.5 Å². The molecule has 0 amide bonds. The second-order valence-electron chi connectivity index (χ2n) is 3.90. The molecule has 0 radical (unpaired) electrons. The fourth-order valence-electron chi connectivity index (χ4n) is 1.78. The van der Waals surface area contributed by atoms with E-state index in [0.29, 0.717) is 15.9 Å². The number of nitrogens with zero attached hydrogens (tertiary/aromatic N) is 1. The molecule has 1 aromatic heterocycles. The highest BCUT2D eigenvalue weighted by molar-refractivity contribution is 6.35. The topological polar surface area (TPSA) is 22.1 Å². The minimum atomic E-state index is -2.84. The number of fused-ring (bicyclic) bond motifs is 1. The second-order valence-corrected chi connectivity index (χ2v) is 4.31. The molecule has 5 heteroatoms. The van der Waals surface area contributed by atoms with Gasteiger partial charge in [0.2, 0.25) is 0 Å². The van der Waals surface area contributed by atoms with Crippen LogP contribution in [0, 0.1) is 0 Å². The van der Waals surface area contributed by atoms with Crippen LogP contribution in [-0.2, 0) is 6.42 Å². The maximum Gasteiger partial charge on any atom is 0.387 e. The van der Waals surface area contributed by atoms with Crippen molar-refractivity contribution in [1.82, 2.24) is 4.98 Å². The zero-order valence-electron chi connectivity index (χ0n) is 9.79. The molecule has 18 heavy (non-hydrogen) atoms. The van der Waals surface area contributed by atoms with E-state index in [1.165, 1.54) is 12.1 Å². The van der Waals surface area contributed by atoms with Crippen molar-refractivity contribution in [1.29, 1.82) is 0 Å². The lowest BCUT2D eigenvalue weighted by Gasteiger charge is -2.08. The Balaban J connectivity index is 2.44. The molecule has 2 aromatic rings. The molecule has 0 spiro atoms. The molecule has 96 valence electrons. The Morgan fingerprint density at radius 2 is 2.11 bits per heavy atom. The van der Waals surface area contributed by atoms with Gasteiger partial charge in [-0.05, 0) is 30.7 Å². The first kappa shape index (κ1) is 13.0. The fourth-order valence-corrected chi connectivity index (χ4v) is 2.05. The third-order valence-electron chi connectivity index (χ3n) is 2.51. The van der Waals surface area contributed by atoms with Gasteiger partial charge in [0.1, 0.15) is 5.75 Å². The summed E-state index contributed by atoms with van der Waals surface area (Å²) in [6, 6.07) is 6.34. The fraction of sp³-hybridized carbons (Fsp3) is 0.308. The summed E-state index contributed by atoms with van der Waals surface area (Å²) in [5.41, 5.74) is 1.59. The Labute approximate surface area is 109 Å². The van der Waals surface area contributed by atoms with Gasteiger partial charge in [-0.15, -0.1) is 0 Å².